The second-order valence-electron chi connectivity index (χ2n) is 5.23. The molecule has 0 amide bonds. The van der Waals surface area contributed by atoms with Gasteiger partial charge in [-0.3, -0.25) is 5.32 Å². The molecule has 6 heteroatoms. The highest BCUT2D eigenvalue weighted by Crippen LogP contribution is 2.19. The number of aryl methyl sites for hydroxylation is 1. The molecular formula is C14H23FN4O. The maximum atomic E-state index is 11.9. The van der Waals surface area contributed by atoms with Gasteiger partial charge in [0, 0.05) is 31.2 Å². The normalized spacial score (nSPS) is 22.3. The van der Waals surface area contributed by atoms with Gasteiger partial charge in [0.15, 0.2) is 0 Å². The molecule has 0 aromatic carbocycles. The smallest absolute Gasteiger partial charge is 0.140 e. The lowest BCUT2D eigenvalue weighted by Crippen LogP contribution is -2.28. The number of hydrogen-bond donors (Lipinski definition) is 3. The molecule has 1 aliphatic rings. The number of nitrogens with zero attached hydrogens (tertiary/aromatic N) is 1. The predicted octanol–water partition coefficient (Wildman–Crippen LogP) is 0.636. The van der Waals surface area contributed by atoms with E-state index < -0.39 is 6.80 Å². The number of anilines is 1. The Hall–Kier alpha value is -1.24. The van der Waals surface area contributed by atoms with Crippen LogP contribution in [0.15, 0.2) is 12.1 Å². The standard InChI is InChI=1S/C14H23FN4O/c1-10-4-12(19-14(16)5-10)6-11-7-18-8-13(11)20-3-2-17-9-15/h4-5,11,13,17-18H,2-3,6-9H2,1H3,(H2,16,19). The van der Waals surface area contributed by atoms with Crippen molar-refractivity contribution in [2.24, 2.45) is 5.92 Å². The summed E-state index contributed by atoms with van der Waals surface area (Å²) in [5.74, 6) is 0.949. The Morgan fingerprint density at radius 3 is 3.10 bits per heavy atom. The first-order valence-corrected chi connectivity index (χ1v) is 7.01. The molecule has 1 aliphatic heterocycles. The number of nitrogen functional groups attached to an aromatic ring is 1. The van der Waals surface area contributed by atoms with E-state index in [1.165, 1.54) is 0 Å². The summed E-state index contributed by atoms with van der Waals surface area (Å²) in [7, 11) is 0. The lowest BCUT2D eigenvalue weighted by Gasteiger charge is -2.19. The summed E-state index contributed by atoms with van der Waals surface area (Å²) in [4.78, 5) is 4.37. The fourth-order valence-electron chi connectivity index (χ4n) is 2.60. The van der Waals surface area contributed by atoms with Crippen molar-refractivity contribution in [2.75, 3.05) is 38.8 Å². The first-order valence-electron chi connectivity index (χ1n) is 7.01. The van der Waals surface area contributed by atoms with Gasteiger partial charge in [-0.05, 0) is 31.0 Å². The summed E-state index contributed by atoms with van der Waals surface area (Å²) >= 11 is 0. The van der Waals surface area contributed by atoms with Gasteiger partial charge in [-0.15, -0.1) is 0 Å². The Kier molecular flexibility index (Phi) is 5.70. The monoisotopic (exact) mass is 282 g/mol. The minimum Gasteiger partial charge on any atom is -0.384 e. The summed E-state index contributed by atoms with van der Waals surface area (Å²) in [5, 5.41) is 5.95. The van der Waals surface area contributed by atoms with Crippen LogP contribution in [-0.2, 0) is 11.2 Å². The molecule has 0 bridgehead atoms. The Balaban J connectivity index is 1.87. The molecule has 0 saturated carbocycles. The van der Waals surface area contributed by atoms with Crippen LogP contribution in [0.25, 0.3) is 0 Å². The summed E-state index contributed by atoms with van der Waals surface area (Å²) in [6.07, 6.45) is 1.00. The van der Waals surface area contributed by atoms with Gasteiger partial charge < -0.3 is 15.8 Å². The number of halogens is 1. The van der Waals surface area contributed by atoms with Gasteiger partial charge in [0.2, 0.25) is 0 Å². The lowest BCUT2D eigenvalue weighted by atomic mass is 9.99. The van der Waals surface area contributed by atoms with Crippen LogP contribution in [0, 0.1) is 12.8 Å². The minimum atomic E-state index is -0.512. The first-order chi connectivity index (χ1) is 9.69. The number of pyridine rings is 1. The second-order valence-corrected chi connectivity index (χ2v) is 5.23. The van der Waals surface area contributed by atoms with Crippen molar-refractivity contribution in [2.45, 2.75) is 19.4 Å². The topological polar surface area (TPSA) is 72.2 Å². The van der Waals surface area contributed by atoms with Gasteiger partial charge in [-0.1, -0.05) is 0 Å². The Bertz CT molecular complexity index is 409. The number of aromatic nitrogens is 1. The van der Waals surface area contributed by atoms with E-state index in [0.717, 1.165) is 30.8 Å². The van der Waals surface area contributed by atoms with Gasteiger partial charge >= 0.3 is 0 Å². The minimum absolute atomic E-state index is 0.153. The van der Waals surface area contributed by atoms with Crippen molar-refractivity contribution < 1.29 is 9.13 Å². The van der Waals surface area contributed by atoms with Crippen LogP contribution >= 0.6 is 0 Å². The fourth-order valence-corrected chi connectivity index (χ4v) is 2.60. The van der Waals surface area contributed by atoms with E-state index in [0.29, 0.717) is 24.9 Å². The third-order valence-electron chi connectivity index (χ3n) is 3.50. The van der Waals surface area contributed by atoms with Crippen LogP contribution < -0.4 is 16.4 Å². The average molecular weight is 282 g/mol. The third kappa shape index (κ3) is 4.40. The van der Waals surface area contributed by atoms with Crippen molar-refractivity contribution in [1.82, 2.24) is 15.6 Å². The average Bonchev–Trinajstić information content (AvgIpc) is 2.81. The molecule has 2 unspecified atom stereocenters. The molecule has 4 N–H and O–H groups in total. The molecule has 0 radical (unpaired) electrons. The van der Waals surface area contributed by atoms with Crippen molar-refractivity contribution in [3.8, 4) is 0 Å². The largest absolute Gasteiger partial charge is 0.384 e. The molecule has 1 aromatic heterocycles. The number of nitrogens with one attached hydrogen (secondary N) is 2. The zero-order valence-electron chi connectivity index (χ0n) is 11.9. The maximum absolute atomic E-state index is 11.9. The SMILES string of the molecule is Cc1cc(N)nc(CC2CNCC2OCCNCF)c1. The highest BCUT2D eigenvalue weighted by atomic mass is 19.1. The van der Waals surface area contributed by atoms with Crippen molar-refractivity contribution in [3.05, 3.63) is 23.4 Å². The number of alkyl halides is 1. The highest BCUT2D eigenvalue weighted by molar-refractivity contribution is 5.34. The van der Waals surface area contributed by atoms with Gasteiger partial charge in [0.05, 0.1) is 12.7 Å². The van der Waals surface area contributed by atoms with Crippen LogP contribution in [0.1, 0.15) is 11.3 Å². The van der Waals surface area contributed by atoms with Crippen molar-refractivity contribution in [1.29, 1.82) is 0 Å². The molecule has 1 saturated heterocycles. The van der Waals surface area contributed by atoms with E-state index in [9.17, 15) is 4.39 Å². The van der Waals surface area contributed by atoms with Crippen LogP contribution in [0.5, 0.6) is 0 Å². The quantitative estimate of drug-likeness (QED) is 0.505. The molecule has 2 rings (SSSR count). The number of ether oxygens (including phenoxy) is 1. The zero-order valence-corrected chi connectivity index (χ0v) is 11.9. The third-order valence-corrected chi connectivity index (χ3v) is 3.50. The van der Waals surface area contributed by atoms with Gasteiger partial charge in [0.1, 0.15) is 12.6 Å². The van der Waals surface area contributed by atoms with Crippen LogP contribution in [0.3, 0.4) is 0 Å². The second kappa shape index (κ2) is 7.52. The van der Waals surface area contributed by atoms with Gasteiger partial charge in [-0.2, -0.15) is 0 Å². The number of rotatable bonds is 7. The van der Waals surface area contributed by atoms with E-state index in [4.69, 9.17) is 10.5 Å². The molecule has 0 spiro atoms. The molecule has 20 heavy (non-hydrogen) atoms. The molecular weight excluding hydrogens is 259 g/mol. The molecule has 2 heterocycles. The van der Waals surface area contributed by atoms with E-state index in [1.807, 2.05) is 13.0 Å². The fraction of sp³-hybridized carbons (Fsp3) is 0.643. The first kappa shape index (κ1) is 15.2. The maximum Gasteiger partial charge on any atom is 0.140 e. The van der Waals surface area contributed by atoms with Crippen molar-refractivity contribution >= 4 is 5.82 Å². The van der Waals surface area contributed by atoms with E-state index >= 15 is 0 Å². The number of nitrogens with two attached hydrogens (primary N) is 1. The van der Waals surface area contributed by atoms with Gasteiger partial charge in [0.25, 0.3) is 0 Å². The molecule has 1 aromatic rings. The molecule has 112 valence electrons. The van der Waals surface area contributed by atoms with E-state index in [-0.39, 0.29) is 6.10 Å². The molecule has 1 fully saturated rings. The lowest BCUT2D eigenvalue weighted by molar-refractivity contribution is 0.0386. The summed E-state index contributed by atoms with van der Waals surface area (Å²) in [6.45, 7) is 4.32. The molecule has 5 nitrogen and oxygen atoms in total. The van der Waals surface area contributed by atoms with Crippen molar-refractivity contribution in [3.63, 3.8) is 0 Å². The highest BCUT2D eigenvalue weighted by Gasteiger charge is 2.28. The van der Waals surface area contributed by atoms with Crippen LogP contribution in [0.4, 0.5) is 10.2 Å². The van der Waals surface area contributed by atoms with E-state index in [1.54, 1.807) is 0 Å². The van der Waals surface area contributed by atoms with E-state index in [2.05, 4.69) is 21.7 Å². The zero-order chi connectivity index (χ0) is 14.4. The molecule has 0 aliphatic carbocycles. The molecule has 2 atom stereocenters. The summed E-state index contributed by atoms with van der Waals surface area (Å²) < 4.78 is 17.7. The Labute approximate surface area is 119 Å². The number of hydrogen-bond acceptors (Lipinski definition) is 5. The predicted molar refractivity (Wildman–Crippen MR) is 77.2 cm³/mol. The van der Waals surface area contributed by atoms with Crippen LogP contribution in [-0.4, -0.2) is 44.1 Å². The Morgan fingerprint density at radius 1 is 1.50 bits per heavy atom. The van der Waals surface area contributed by atoms with Crippen LogP contribution in [0.2, 0.25) is 0 Å². The summed E-state index contributed by atoms with van der Waals surface area (Å²) in [5.41, 5.74) is 7.91. The Morgan fingerprint density at radius 2 is 2.35 bits per heavy atom. The summed E-state index contributed by atoms with van der Waals surface area (Å²) in [6, 6.07) is 3.93. The van der Waals surface area contributed by atoms with Gasteiger partial charge in [-0.25, -0.2) is 9.37 Å².